The summed E-state index contributed by atoms with van der Waals surface area (Å²) in [6.45, 7) is 2.05. The lowest BCUT2D eigenvalue weighted by Crippen LogP contribution is -2.13. The molecule has 1 aliphatic heterocycles. The topological polar surface area (TPSA) is 53.3 Å². The van der Waals surface area contributed by atoms with Gasteiger partial charge < -0.3 is 5.41 Å². The molecule has 3 heteroatoms. The Morgan fingerprint density at radius 1 is 1.23 bits per heavy atom. The molecule has 0 bridgehead atoms. The fourth-order valence-corrected chi connectivity index (χ4v) is 5.07. The minimum atomic E-state index is 0.0262. The molecule has 0 saturated heterocycles. The molecule has 0 amide bonds. The highest BCUT2D eigenvalue weighted by atomic mass is 16.1. The van der Waals surface area contributed by atoms with Gasteiger partial charge in [-0.05, 0) is 92.2 Å². The van der Waals surface area contributed by atoms with Crippen molar-refractivity contribution < 1.29 is 4.79 Å². The van der Waals surface area contributed by atoms with Crippen molar-refractivity contribution in [3.63, 3.8) is 0 Å². The minimum absolute atomic E-state index is 0.0262. The van der Waals surface area contributed by atoms with Crippen molar-refractivity contribution in [2.24, 2.45) is 10.9 Å². The molecule has 0 spiro atoms. The third-order valence-corrected chi connectivity index (χ3v) is 7.12. The zero-order valence-electron chi connectivity index (χ0n) is 20.9. The highest BCUT2D eigenvalue weighted by Gasteiger charge is 2.19. The van der Waals surface area contributed by atoms with E-state index in [0.717, 1.165) is 62.6 Å². The summed E-state index contributed by atoms with van der Waals surface area (Å²) in [4.78, 5) is 17.4. The second-order valence-corrected chi connectivity index (χ2v) is 9.82. The molecule has 3 aliphatic rings. The van der Waals surface area contributed by atoms with Crippen molar-refractivity contribution in [2.75, 3.05) is 0 Å². The van der Waals surface area contributed by atoms with Crippen LogP contribution in [0, 0.1) is 18.3 Å². The van der Waals surface area contributed by atoms with Gasteiger partial charge in [0.05, 0.1) is 11.9 Å². The third-order valence-electron chi connectivity index (χ3n) is 7.12. The first kappa shape index (κ1) is 24.8. The van der Waals surface area contributed by atoms with Crippen LogP contribution in [-0.4, -0.2) is 17.2 Å². The number of benzene rings is 1. The van der Waals surface area contributed by atoms with Crippen LogP contribution in [0.1, 0.15) is 68.9 Å². The standard InChI is InChI=1S/C32H36N2O/c1-24-10-2-4-15-28(24)22-29(33)23-30(35)20-18-25-11-3-5-14-27(19-17-25)32-31-16-7-6-12-26(31)13-8-9-21-34-32/h2,4,7-8,10,15-16,18-21,25,33H,3,5-6,11-14,17,22-23H2,1H3. The van der Waals surface area contributed by atoms with Crippen molar-refractivity contribution in [1.29, 1.82) is 5.41 Å². The average Bonchev–Trinajstić information content (AvgIpc) is 2.82. The van der Waals surface area contributed by atoms with Crippen molar-refractivity contribution in [3.05, 3.63) is 100 Å². The molecule has 180 valence electrons. The van der Waals surface area contributed by atoms with E-state index >= 15 is 0 Å². The van der Waals surface area contributed by atoms with Crippen LogP contribution in [0.2, 0.25) is 0 Å². The second-order valence-electron chi connectivity index (χ2n) is 9.82. The summed E-state index contributed by atoms with van der Waals surface area (Å²) < 4.78 is 0. The summed E-state index contributed by atoms with van der Waals surface area (Å²) >= 11 is 0. The van der Waals surface area contributed by atoms with Crippen LogP contribution < -0.4 is 0 Å². The molecule has 0 fully saturated rings. The van der Waals surface area contributed by atoms with E-state index in [0.29, 0.717) is 18.1 Å². The molecule has 35 heavy (non-hydrogen) atoms. The van der Waals surface area contributed by atoms with Gasteiger partial charge in [-0.3, -0.25) is 4.79 Å². The number of nitrogens with zero attached hydrogens (tertiary/aromatic N) is 1. The fourth-order valence-electron chi connectivity index (χ4n) is 5.07. The summed E-state index contributed by atoms with van der Waals surface area (Å²) in [5.41, 5.74) is 11.2. The maximum absolute atomic E-state index is 12.6. The first-order chi connectivity index (χ1) is 17.1. The van der Waals surface area contributed by atoms with Crippen LogP contribution >= 0.6 is 0 Å². The van der Waals surface area contributed by atoms with Crippen LogP contribution in [0.25, 0.3) is 0 Å². The predicted molar refractivity (Wildman–Crippen MR) is 146 cm³/mol. The van der Waals surface area contributed by atoms with Gasteiger partial charge >= 0.3 is 0 Å². The highest BCUT2D eigenvalue weighted by Crippen LogP contribution is 2.30. The molecular formula is C32H36N2O. The van der Waals surface area contributed by atoms with Gasteiger partial charge in [-0.15, -0.1) is 5.73 Å². The quantitative estimate of drug-likeness (QED) is 0.250. The number of rotatable bonds is 7. The van der Waals surface area contributed by atoms with Gasteiger partial charge in [0.25, 0.3) is 0 Å². The first-order valence-electron chi connectivity index (χ1n) is 13.0. The van der Waals surface area contributed by atoms with Gasteiger partial charge in [-0.1, -0.05) is 60.6 Å². The van der Waals surface area contributed by atoms with Gasteiger partial charge in [0.15, 0.2) is 5.78 Å². The fraction of sp³-hybridized carbons (Fsp3) is 0.375. The molecule has 2 aliphatic carbocycles. The second kappa shape index (κ2) is 12.4. The summed E-state index contributed by atoms with van der Waals surface area (Å²) in [6.07, 6.45) is 23.8. The normalized spacial score (nSPS) is 20.4. The summed E-state index contributed by atoms with van der Waals surface area (Å²) in [5, 5.41) is 8.29. The molecular weight excluding hydrogens is 428 g/mol. The Balaban J connectivity index is 1.40. The van der Waals surface area contributed by atoms with E-state index in [1.807, 2.05) is 24.4 Å². The van der Waals surface area contributed by atoms with Crippen LogP contribution in [0.15, 0.2) is 94.4 Å². The van der Waals surface area contributed by atoms with Gasteiger partial charge in [-0.2, -0.15) is 0 Å². The van der Waals surface area contributed by atoms with Crippen molar-refractivity contribution in [1.82, 2.24) is 0 Å². The van der Waals surface area contributed by atoms with Crippen LogP contribution in [-0.2, 0) is 11.2 Å². The van der Waals surface area contributed by atoms with Gasteiger partial charge in [0.1, 0.15) is 0 Å². The number of aliphatic imine (C=N–C) groups is 1. The molecule has 1 unspecified atom stereocenters. The van der Waals surface area contributed by atoms with Crippen molar-refractivity contribution in [2.45, 2.75) is 71.1 Å². The Hall–Kier alpha value is -3.29. The number of allylic oxidation sites excluding steroid dienone is 9. The van der Waals surface area contributed by atoms with E-state index < -0.39 is 0 Å². The SMILES string of the molecule is Cc1ccccc1CC(=N)CC(=O)C=CC1CC=C(C2=NC=C=CCC3=C2C=CCC3)CCCC1. The summed E-state index contributed by atoms with van der Waals surface area (Å²) in [5.74, 6) is 0.373. The monoisotopic (exact) mass is 464 g/mol. The first-order valence-corrected chi connectivity index (χ1v) is 13.0. The third kappa shape index (κ3) is 7.10. The van der Waals surface area contributed by atoms with Gasteiger partial charge in [0.2, 0.25) is 0 Å². The number of carbonyl (C=O) groups is 1. The van der Waals surface area contributed by atoms with Gasteiger partial charge in [0, 0.05) is 18.6 Å². The number of ketones is 1. The summed E-state index contributed by atoms with van der Waals surface area (Å²) in [7, 11) is 0. The molecule has 0 saturated carbocycles. The molecule has 1 heterocycles. The average molecular weight is 465 g/mol. The van der Waals surface area contributed by atoms with Crippen LogP contribution in [0.5, 0.6) is 0 Å². The van der Waals surface area contributed by atoms with Crippen LogP contribution in [0.4, 0.5) is 0 Å². The zero-order chi connectivity index (χ0) is 24.5. The number of nitrogens with one attached hydrogen (secondary N) is 1. The molecule has 0 aromatic heterocycles. The Morgan fingerprint density at radius 3 is 3.00 bits per heavy atom. The van der Waals surface area contributed by atoms with Gasteiger partial charge in [-0.25, -0.2) is 4.99 Å². The molecule has 1 atom stereocenters. The lowest BCUT2D eigenvalue weighted by molar-refractivity contribution is -0.113. The van der Waals surface area contributed by atoms with E-state index in [9.17, 15) is 4.79 Å². The molecule has 0 radical (unpaired) electrons. The van der Waals surface area contributed by atoms with Crippen molar-refractivity contribution in [3.8, 4) is 0 Å². The van der Waals surface area contributed by atoms with E-state index in [4.69, 9.17) is 10.4 Å². The Morgan fingerprint density at radius 2 is 2.11 bits per heavy atom. The number of hydrogen-bond acceptors (Lipinski definition) is 3. The maximum atomic E-state index is 12.6. The van der Waals surface area contributed by atoms with E-state index in [1.165, 1.54) is 22.3 Å². The van der Waals surface area contributed by atoms with E-state index in [2.05, 4.69) is 49.1 Å². The Kier molecular flexibility index (Phi) is 8.81. The van der Waals surface area contributed by atoms with E-state index in [1.54, 1.807) is 6.08 Å². The number of carbonyl (C=O) groups excluding carboxylic acids is 1. The molecule has 1 N–H and O–H groups in total. The number of hydrogen-bond donors (Lipinski definition) is 1. The highest BCUT2D eigenvalue weighted by molar-refractivity contribution is 6.15. The Labute approximate surface area is 210 Å². The summed E-state index contributed by atoms with van der Waals surface area (Å²) in [6, 6.07) is 8.09. The molecule has 4 rings (SSSR count). The Bertz CT molecular complexity index is 1180. The number of aryl methyl sites for hydroxylation is 1. The lowest BCUT2D eigenvalue weighted by Gasteiger charge is -2.22. The smallest absolute Gasteiger partial charge is 0.160 e. The van der Waals surface area contributed by atoms with Crippen LogP contribution in [0.3, 0.4) is 0 Å². The van der Waals surface area contributed by atoms with Crippen molar-refractivity contribution >= 4 is 17.2 Å². The maximum Gasteiger partial charge on any atom is 0.160 e. The minimum Gasteiger partial charge on any atom is -0.309 e. The predicted octanol–water partition coefficient (Wildman–Crippen LogP) is 7.74. The zero-order valence-corrected chi connectivity index (χ0v) is 20.9. The molecule has 1 aromatic carbocycles. The largest absolute Gasteiger partial charge is 0.309 e. The molecule has 3 nitrogen and oxygen atoms in total. The van der Waals surface area contributed by atoms with E-state index in [-0.39, 0.29) is 12.2 Å². The lowest BCUT2D eigenvalue weighted by atomic mass is 9.84. The molecule has 1 aromatic rings.